The molecule has 0 fully saturated rings. The summed E-state index contributed by atoms with van der Waals surface area (Å²) in [7, 11) is 1.31. The molecule has 4 nitrogen and oxygen atoms in total. The van der Waals surface area contributed by atoms with Crippen molar-refractivity contribution in [1.29, 1.82) is 0 Å². The van der Waals surface area contributed by atoms with Crippen LogP contribution in [-0.2, 0) is 16.0 Å². The van der Waals surface area contributed by atoms with Crippen molar-refractivity contribution in [3.05, 3.63) is 82.9 Å². The molecule has 26 heavy (non-hydrogen) atoms. The van der Waals surface area contributed by atoms with E-state index in [1.165, 1.54) is 7.11 Å². The van der Waals surface area contributed by atoms with Crippen molar-refractivity contribution in [2.24, 2.45) is 0 Å². The van der Waals surface area contributed by atoms with Gasteiger partial charge < -0.3 is 10.1 Å². The summed E-state index contributed by atoms with van der Waals surface area (Å²) in [6.07, 6.45) is 0.344. The van der Waals surface area contributed by atoms with E-state index in [1.54, 1.807) is 24.3 Å². The lowest BCUT2D eigenvalue weighted by molar-refractivity contribution is -0.142. The molecule has 0 aromatic heterocycles. The first-order chi connectivity index (χ1) is 12.6. The second-order valence-corrected chi connectivity index (χ2v) is 6.38. The van der Waals surface area contributed by atoms with Crippen LogP contribution in [0.4, 0.5) is 0 Å². The molecule has 1 N–H and O–H groups in total. The maximum atomic E-state index is 12.4. The summed E-state index contributed by atoms with van der Waals surface area (Å²) in [6.45, 7) is 0. The molecule has 0 aliphatic rings. The van der Waals surface area contributed by atoms with Gasteiger partial charge >= 0.3 is 5.97 Å². The highest BCUT2D eigenvalue weighted by molar-refractivity contribution is 6.30. The van der Waals surface area contributed by atoms with Crippen molar-refractivity contribution in [2.75, 3.05) is 7.11 Å². The minimum absolute atomic E-state index is 0.344. The third-order valence-electron chi connectivity index (χ3n) is 4.15. The van der Waals surface area contributed by atoms with Gasteiger partial charge in [0, 0.05) is 17.0 Å². The van der Waals surface area contributed by atoms with Crippen molar-refractivity contribution >= 4 is 34.2 Å². The number of carbonyl (C=O) groups excluding carboxylic acids is 2. The van der Waals surface area contributed by atoms with E-state index in [1.807, 2.05) is 42.5 Å². The zero-order chi connectivity index (χ0) is 18.5. The van der Waals surface area contributed by atoms with Crippen molar-refractivity contribution in [3.63, 3.8) is 0 Å². The lowest BCUT2D eigenvalue weighted by atomic mass is 10.0. The number of carbonyl (C=O) groups is 2. The third kappa shape index (κ3) is 4.21. The number of fused-ring (bicyclic) bond motifs is 1. The Morgan fingerprint density at radius 2 is 1.69 bits per heavy atom. The summed E-state index contributed by atoms with van der Waals surface area (Å²) < 4.78 is 4.85. The number of ether oxygens (including phenoxy) is 1. The quantitative estimate of drug-likeness (QED) is 0.693. The lowest BCUT2D eigenvalue weighted by Crippen LogP contribution is -2.43. The van der Waals surface area contributed by atoms with Crippen LogP contribution in [0.15, 0.2) is 66.7 Å². The lowest BCUT2D eigenvalue weighted by Gasteiger charge is -2.17. The van der Waals surface area contributed by atoms with Gasteiger partial charge in [-0.05, 0) is 40.6 Å². The van der Waals surface area contributed by atoms with Gasteiger partial charge in [-0.1, -0.05) is 54.1 Å². The molecule has 0 heterocycles. The molecular formula is C21H18ClNO3. The molecule has 5 heteroatoms. The van der Waals surface area contributed by atoms with Crippen molar-refractivity contribution in [2.45, 2.75) is 12.5 Å². The van der Waals surface area contributed by atoms with E-state index in [2.05, 4.69) is 5.32 Å². The Hall–Kier alpha value is -2.85. The van der Waals surface area contributed by atoms with Gasteiger partial charge in [0.25, 0.3) is 5.91 Å². The predicted molar refractivity (Wildman–Crippen MR) is 102 cm³/mol. The number of nitrogens with one attached hydrogen (secondary N) is 1. The molecule has 0 bridgehead atoms. The number of hydrogen-bond donors (Lipinski definition) is 1. The molecule has 0 unspecified atom stereocenters. The minimum Gasteiger partial charge on any atom is -0.467 e. The zero-order valence-corrected chi connectivity index (χ0v) is 15.0. The van der Waals surface area contributed by atoms with Gasteiger partial charge in [0.05, 0.1) is 7.11 Å². The Labute approximate surface area is 156 Å². The topological polar surface area (TPSA) is 55.4 Å². The number of halogens is 1. The molecule has 1 amide bonds. The predicted octanol–water partition coefficient (Wildman–Crippen LogP) is 4.01. The molecule has 3 rings (SSSR count). The molecule has 1 atom stereocenters. The Bertz CT molecular complexity index is 937. The van der Waals surface area contributed by atoms with Gasteiger partial charge in [0.2, 0.25) is 0 Å². The van der Waals surface area contributed by atoms with Crippen molar-refractivity contribution in [1.82, 2.24) is 5.32 Å². The Morgan fingerprint density at radius 1 is 1.00 bits per heavy atom. The number of amides is 1. The summed E-state index contributed by atoms with van der Waals surface area (Å²) in [5, 5.41) is 5.49. The van der Waals surface area contributed by atoms with Gasteiger partial charge in [-0.25, -0.2) is 4.79 Å². The smallest absolute Gasteiger partial charge is 0.328 e. The van der Waals surface area contributed by atoms with E-state index in [9.17, 15) is 9.59 Å². The van der Waals surface area contributed by atoms with Gasteiger partial charge in [0.1, 0.15) is 6.04 Å². The summed E-state index contributed by atoms with van der Waals surface area (Å²) in [4.78, 5) is 24.6. The highest BCUT2D eigenvalue weighted by Gasteiger charge is 2.22. The third-order valence-corrected chi connectivity index (χ3v) is 4.40. The summed E-state index contributed by atoms with van der Waals surface area (Å²) in [6, 6.07) is 19.7. The van der Waals surface area contributed by atoms with Crippen molar-refractivity contribution in [3.8, 4) is 0 Å². The van der Waals surface area contributed by atoms with E-state index in [0.717, 1.165) is 16.3 Å². The Balaban J connectivity index is 1.79. The first kappa shape index (κ1) is 18.0. The zero-order valence-electron chi connectivity index (χ0n) is 14.2. The highest BCUT2D eigenvalue weighted by Crippen LogP contribution is 2.17. The monoisotopic (exact) mass is 367 g/mol. The molecule has 0 aliphatic heterocycles. The number of hydrogen-bond acceptors (Lipinski definition) is 3. The average Bonchev–Trinajstić information content (AvgIpc) is 2.67. The van der Waals surface area contributed by atoms with E-state index < -0.39 is 12.0 Å². The van der Waals surface area contributed by atoms with Crippen LogP contribution in [0.25, 0.3) is 10.8 Å². The van der Waals surface area contributed by atoms with E-state index in [-0.39, 0.29) is 5.91 Å². The van der Waals surface area contributed by atoms with Crippen LogP contribution in [0.5, 0.6) is 0 Å². The second kappa shape index (κ2) is 8.02. The van der Waals surface area contributed by atoms with Gasteiger partial charge in [0.15, 0.2) is 0 Å². The van der Waals surface area contributed by atoms with Crippen LogP contribution in [0, 0.1) is 0 Å². The first-order valence-corrected chi connectivity index (χ1v) is 8.56. The molecule has 132 valence electrons. The SMILES string of the molecule is COC(=O)[C@H](Cc1ccc2ccccc2c1)NC(=O)c1ccc(Cl)cc1. The van der Waals surface area contributed by atoms with Crippen LogP contribution in [-0.4, -0.2) is 25.0 Å². The van der Waals surface area contributed by atoms with E-state index in [0.29, 0.717) is 17.0 Å². The first-order valence-electron chi connectivity index (χ1n) is 8.19. The average molecular weight is 368 g/mol. The molecule has 0 radical (unpaired) electrons. The molecule has 0 spiro atoms. The number of esters is 1. The molecule has 3 aromatic rings. The standard InChI is InChI=1S/C21H18ClNO3/c1-26-21(25)19(23-20(24)16-8-10-18(22)11-9-16)13-14-6-7-15-4-2-3-5-17(15)12-14/h2-12,19H,13H2,1H3,(H,23,24)/t19-/m0/s1. The van der Waals surface area contributed by atoms with Crippen LogP contribution < -0.4 is 5.32 Å². The minimum atomic E-state index is -0.774. The normalized spacial score (nSPS) is 11.8. The van der Waals surface area contributed by atoms with Gasteiger partial charge in [-0.3, -0.25) is 4.79 Å². The van der Waals surface area contributed by atoms with Crippen molar-refractivity contribution < 1.29 is 14.3 Å². The Morgan fingerprint density at radius 3 is 2.38 bits per heavy atom. The van der Waals surface area contributed by atoms with Gasteiger partial charge in [-0.15, -0.1) is 0 Å². The molecule has 0 aliphatic carbocycles. The van der Waals surface area contributed by atoms with Crippen LogP contribution in [0.1, 0.15) is 15.9 Å². The van der Waals surface area contributed by atoms with Crippen LogP contribution in [0.3, 0.4) is 0 Å². The molecular weight excluding hydrogens is 350 g/mol. The number of rotatable bonds is 5. The fraction of sp³-hybridized carbons (Fsp3) is 0.143. The fourth-order valence-corrected chi connectivity index (χ4v) is 2.91. The number of benzene rings is 3. The van der Waals surface area contributed by atoms with E-state index >= 15 is 0 Å². The van der Waals surface area contributed by atoms with Crippen LogP contribution >= 0.6 is 11.6 Å². The largest absolute Gasteiger partial charge is 0.467 e. The van der Waals surface area contributed by atoms with Gasteiger partial charge in [-0.2, -0.15) is 0 Å². The summed E-state index contributed by atoms with van der Waals surface area (Å²) in [5.74, 6) is -0.835. The molecule has 0 saturated carbocycles. The highest BCUT2D eigenvalue weighted by atomic mass is 35.5. The van der Waals surface area contributed by atoms with Crippen LogP contribution in [0.2, 0.25) is 5.02 Å². The molecule has 3 aromatic carbocycles. The maximum Gasteiger partial charge on any atom is 0.328 e. The Kier molecular flexibility index (Phi) is 5.54. The van der Waals surface area contributed by atoms with E-state index in [4.69, 9.17) is 16.3 Å². The molecule has 0 saturated heterocycles. The summed E-state index contributed by atoms with van der Waals surface area (Å²) >= 11 is 5.84. The fourth-order valence-electron chi connectivity index (χ4n) is 2.78. The second-order valence-electron chi connectivity index (χ2n) is 5.94. The number of methoxy groups -OCH3 is 1. The summed E-state index contributed by atoms with van der Waals surface area (Å²) in [5.41, 5.74) is 1.37. The maximum absolute atomic E-state index is 12.4.